The van der Waals surface area contributed by atoms with Gasteiger partial charge in [0.1, 0.15) is 24.2 Å². The summed E-state index contributed by atoms with van der Waals surface area (Å²) in [4.78, 5) is 45.2. The second kappa shape index (κ2) is 8.88. The molecule has 5 unspecified atom stereocenters. The van der Waals surface area contributed by atoms with E-state index >= 15 is 0 Å². The zero-order valence-corrected chi connectivity index (χ0v) is 14.7. The molecule has 1 saturated heterocycles. The summed E-state index contributed by atoms with van der Waals surface area (Å²) in [5.74, 6) is -2.24. The fourth-order valence-corrected chi connectivity index (χ4v) is 2.71. The van der Waals surface area contributed by atoms with Gasteiger partial charge in [0.15, 0.2) is 12.2 Å². The van der Waals surface area contributed by atoms with E-state index in [9.17, 15) is 19.2 Å². The van der Waals surface area contributed by atoms with Gasteiger partial charge in [-0.15, -0.1) is 12.6 Å². The van der Waals surface area contributed by atoms with Crippen LogP contribution < -0.4 is 5.32 Å². The standard InChI is InChI=1S/C14H21NO8S/c1-6(16)15-11-13(22-9(4)19)12(21-8(3)18)10(23-14(11)24)5-20-7(2)17/h10-14,24H,5H2,1-4H3,(H,15,16). The van der Waals surface area contributed by atoms with Crippen molar-refractivity contribution in [3.63, 3.8) is 0 Å². The van der Waals surface area contributed by atoms with Gasteiger partial charge in [-0.25, -0.2) is 0 Å². The zero-order chi connectivity index (χ0) is 18.4. The summed E-state index contributed by atoms with van der Waals surface area (Å²) in [7, 11) is 0. The van der Waals surface area contributed by atoms with Gasteiger partial charge in [0.25, 0.3) is 0 Å². The lowest BCUT2D eigenvalue weighted by molar-refractivity contribution is -0.211. The molecular formula is C14H21NO8S. The molecule has 0 aromatic rings. The van der Waals surface area contributed by atoms with Gasteiger partial charge in [0.2, 0.25) is 5.91 Å². The maximum Gasteiger partial charge on any atom is 0.303 e. The van der Waals surface area contributed by atoms with Crippen molar-refractivity contribution >= 4 is 36.4 Å². The predicted octanol–water partition coefficient (Wildman–Crippen LogP) is -0.428. The molecule has 1 amide bonds. The molecule has 9 nitrogen and oxygen atoms in total. The second-order valence-electron chi connectivity index (χ2n) is 5.24. The Bertz CT molecular complexity index is 511. The Morgan fingerprint density at radius 3 is 1.96 bits per heavy atom. The number of esters is 3. The van der Waals surface area contributed by atoms with Crippen molar-refractivity contribution in [2.75, 3.05) is 6.61 Å². The smallest absolute Gasteiger partial charge is 0.303 e. The van der Waals surface area contributed by atoms with Gasteiger partial charge in [0.05, 0.1) is 0 Å². The molecule has 0 saturated carbocycles. The number of hydrogen-bond acceptors (Lipinski definition) is 9. The molecule has 1 aliphatic rings. The number of amides is 1. The van der Waals surface area contributed by atoms with Gasteiger partial charge >= 0.3 is 17.9 Å². The van der Waals surface area contributed by atoms with Crippen LogP contribution in [-0.2, 0) is 38.1 Å². The van der Waals surface area contributed by atoms with Crippen molar-refractivity contribution < 1.29 is 38.1 Å². The lowest BCUT2D eigenvalue weighted by Gasteiger charge is -2.43. The van der Waals surface area contributed by atoms with Crippen molar-refractivity contribution in [3.8, 4) is 0 Å². The van der Waals surface area contributed by atoms with Crippen LogP contribution in [0.2, 0.25) is 0 Å². The van der Waals surface area contributed by atoms with E-state index < -0.39 is 53.6 Å². The third kappa shape index (κ3) is 6.00. The van der Waals surface area contributed by atoms with Crippen LogP contribution in [-0.4, -0.2) is 60.2 Å². The Balaban J connectivity index is 3.11. The van der Waals surface area contributed by atoms with Crippen LogP contribution >= 0.6 is 12.6 Å². The van der Waals surface area contributed by atoms with E-state index in [-0.39, 0.29) is 6.61 Å². The minimum atomic E-state index is -1.08. The molecule has 0 aliphatic carbocycles. The minimum absolute atomic E-state index is 0.227. The molecule has 10 heteroatoms. The highest BCUT2D eigenvalue weighted by atomic mass is 32.1. The Hall–Kier alpha value is -1.81. The van der Waals surface area contributed by atoms with Crippen LogP contribution in [0.4, 0.5) is 0 Å². The van der Waals surface area contributed by atoms with Crippen LogP contribution in [0.3, 0.4) is 0 Å². The first-order valence-corrected chi connectivity index (χ1v) is 7.72. The van der Waals surface area contributed by atoms with Gasteiger partial charge in [-0.05, 0) is 0 Å². The summed E-state index contributed by atoms with van der Waals surface area (Å²) >= 11 is 4.24. The molecule has 1 N–H and O–H groups in total. The molecule has 1 aliphatic heterocycles. The summed E-state index contributed by atoms with van der Waals surface area (Å²) in [6, 6.07) is -0.854. The summed E-state index contributed by atoms with van der Waals surface area (Å²) < 4.78 is 20.9. The molecule has 0 spiro atoms. The summed E-state index contributed by atoms with van der Waals surface area (Å²) in [6.07, 6.45) is -3.03. The van der Waals surface area contributed by atoms with E-state index in [1.54, 1.807) is 0 Å². The van der Waals surface area contributed by atoms with E-state index in [1.165, 1.54) is 27.7 Å². The van der Waals surface area contributed by atoms with E-state index in [4.69, 9.17) is 18.9 Å². The van der Waals surface area contributed by atoms with Crippen molar-refractivity contribution in [1.82, 2.24) is 5.32 Å². The molecule has 5 atom stereocenters. The van der Waals surface area contributed by atoms with Crippen LogP contribution in [0.1, 0.15) is 27.7 Å². The first kappa shape index (κ1) is 20.2. The maximum absolute atomic E-state index is 11.4. The number of hydrogen-bond donors (Lipinski definition) is 2. The fraction of sp³-hybridized carbons (Fsp3) is 0.714. The normalized spacial score (nSPS) is 29.3. The fourth-order valence-electron chi connectivity index (χ4n) is 2.31. The Morgan fingerprint density at radius 1 is 0.958 bits per heavy atom. The first-order valence-electron chi connectivity index (χ1n) is 7.20. The lowest BCUT2D eigenvalue weighted by atomic mass is 9.97. The Morgan fingerprint density at radius 2 is 1.50 bits per heavy atom. The maximum atomic E-state index is 11.4. The van der Waals surface area contributed by atoms with Gasteiger partial charge < -0.3 is 24.3 Å². The van der Waals surface area contributed by atoms with Crippen LogP contribution in [0.15, 0.2) is 0 Å². The average molecular weight is 363 g/mol. The molecule has 0 bridgehead atoms. The van der Waals surface area contributed by atoms with E-state index in [0.29, 0.717) is 0 Å². The highest BCUT2D eigenvalue weighted by molar-refractivity contribution is 7.80. The molecule has 1 fully saturated rings. The lowest BCUT2D eigenvalue weighted by Crippen LogP contribution is -2.64. The molecule has 1 rings (SSSR count). The van der Waals surface area contributed by atoms with Crippen molar-refractivity contribution in [1.29, 1.82) is 0 Å². The van der Waals surface area contributed by atoms with Crippen LogP contribution in [0.5, 0.6) is 0 Å². The quantitative estimate of drug-likeness (QED) is 0.384. The number of nitrogens with one attached hydrogen (secondary N) is 1. The number of carbonyl (C=O) groups excluding carboxylic acids is 4. The zero-order valence-electron chi connectivity index (χ0n) is 13.8. The topological polar surface area (TPSA) is 117 Å². The highest BCUT2D eigenvalue weighted by Crippen LogP contribution is 2.28. The molecule has 0 aromatic carbocycles. The van der Waals surface area contributed by atoms with Crippen LogP contribution in [0.25, 0.3) is 0 Å². The number of carbonyl (C=O) groups is 4. The Kier molecular flexibility index (Phi) is 7.49. The third-order valence-corrected chi connectivity index (χ3v) is 3.53. The van der Waals surface area contributed by atoms with Gasteiger partial charge in [-0.3, -0.25) is 19.2 Å². The predicted molar refractivity (Wildman–Crippen MR) is 83.0 cm³/mol. The first-order chi connectivity index (χ1) is 11.1. The van der Waals surface area contributed by atoms with E-state index in [0.717, 1.165) is 0 Å². The third-order valence-electron chi connectivity index (χ3n) is 3.09. The SMILES string of the molecule is CC(=O)NC1C(S)OC(COC(C)=O)C(OC(C)=O)C1OC(C)=O. The number of thiol groups is 1. The minimum Gasteiger partial charge on any atom is -0.463 e. The largest absolute Gasteiger partial charge is 0.463 e. The molecular weight excluding hydrogens is 342 g/mol. The molecule has 1 heterocycles. The summed E-state index contributed by atoms with van der Waals surface area (Å²) in [5, 5.41) is 2.56. The van der Waals surface area contributed by atoms with Gasteiger partial charge in [-0.2, -0.15) is 0 Å². The molecule has 0 aromatic heterocycles. The Labute approximate surface area is 144 Å². The monoisotopic (exact) mass is 363 g/mol. The van der Waals surface area contributed by atoms with Gasteiger partial charge in [0, 0.05) is 27.7 Å². The number of rotatable bonds is 5. The van der Waals surface area contributed by atoms with Gasteiger partial charge in [-0.1, -0.05) is 0 Å². The number of ether oxygens (including phenoxy) is 4. The van der Waals surface area contributed by atoms with E-state index in [2.05, 4.69) is 17.9 Å². The highest BCUT2D eigenvalue weighted by Gasteiger charge is 2.49. The van der Waals surface area contributed by atoms with E-state index in [1.807, 2.05) is 0 Å². The van der Waals surface area contributed by atoms with Crippen molar-refractivity contribution in [3.05, 3.63) is 0 Å². The molecule has 24 heavy (non-hydrogen) atoms. The summed E-state index contributed by atoms with van der Waals surface area (Å²) in [6.45, 7) is 4.62. The average Bonchev–Trinajstić information content (AvgIpc) is 2.42. The molecule has 0 radical (unpaired) electrons. The van der Waals surface area contributed by atoms with Crippen LogP contribution in [0, 0.1) is 0 Å². The van der Waals surface area contributed by atoms with Crippen molar-refractivity contribution in [2.24, 2.45) is 0 Å². The second-order valence-corrected chi connectivity index (χ2v) is 5.75. The molecule has 136 valence electrons. The van der Waals surface area contributed by atoms with Crippen molar-refractivity contribution in [2.45, 2.75) is 57.5 Å². The summed E-state index contributed by atoms with van der Waals surface area (Å²) in [5.41, 5.74) is -0.870.